The van der Waals surface area contributed by atoms with E-state index >= 15 is 0 Å². The lowest BCUT2D eigenvalue weighted by Gasteiger charge is -2.09. The van der Waals surface area contributed by atoms with E-state index in [1.165, 1.54) is 30.5 Å². The monoisotopic (exact) mass is 385 g/mol. The highest BCUT2D eigenvalue weighted by molar-refractivity contribution is 7.89. The summed E-state index contributed by atoms with van der Waals surface area (Å²) in [6, 6.07) is 7.63. The first-order valence-electron chi connectivity index (χ1n) is 6.84. The van der Waals surface area contributed by atoms with Gasteiger partial charge >= 0.3 is 0 Å². The summed E-state index contributed by atoms with van der Waals surface area (Å²) in [5.41, 5.74) is 0.401. The summed E-state index contributed by atoms with van der Waals surface area (Å²) >= 11 is 11.6. The molecule has 0 amide bonds. The molecule has 1 heterocycles. The fraction of sp³-hybridized carbons (Fsp3) is 0.214. The standard InChI is InChI=1S/C14H13Cl2N5O2S/c15-12-9-19-14(16)21-13(12)18-6-1-7-20-24(22,23)11-4-2-10(8-17)3-5-11/h2-5,9,20H,1,6-7H2,(H,18,19,21). The van der Waals surface area contributed by atoms with Crippen molar-refractivity contribution in [3.63, 3.8) is 0 Å². The number of anilines is 1. The van der Waals surface area contributed by atoms with Crippen molar-refractivity contribution in [2.45, 2.75) is 11.3 Å². The molecule has 0 unspecified atom stereocenters. The van der Waals surface area contributed by atoms with Crippen LogP contribution in [0.25, 0.3) is 0 Å². The molecule has 1 aromatic heterocycles. The molecule has 2 rings (SSSR count). The Morgan fingerprint density at radius 3 is 2.54 bits per heavy atom. The summed E-state index contributed by atoms with van der Waals surface area (Å²) in [4.78, 5) is 7.77. The van der Waals surface area contributed by atoms with Gasteiger partial charge in [-0.1, -0.05) is 11.6 Å². The summed E-state index contributed by atoms with van der Waals surface area (Å²) in [5, 5.41) is 12.1. The van der Waals surface area contributed by atoms with E-state index in [9.17, 15) is 8.42 Å². The van der Waals surface area contributed by atoms with Gasteiger partial charge in [0.05, 0.1) is 22.7 Å². The molecule has 0 saturated heterocycles. The van der Waals surface area contributed by atoms with Crippen LogP contribution in [-0.2, 0) is 10.0 Å². The smallest absolute Gasteiger partial charge is 0.240 e. The van der Waals surface area contributed by atoms with Crippen LogP contribution in [0.5, 0.6) is 0 Å². The van der Waals surface area contributed by atoms with Gasteiger partial charge < -0.3 is 5.32 Å². The molecule has 0 aliphatic rings. The second kappa shape index (κ2) is 8.26. The van der Waals surface area contributed by atoms with Crippen molar-refractivity contribution in [1.29, 1.82) is 5.26 Å². The number of nitrogens with zero attached hydrogens (tertiary/aromatic N) is 3. The average molecular weight is 386 g/mol. The Kier molecular flexibility index (Phi) is 6.34. The molecule has 24 heavy (non-hydrogen) atoms. The van der Waals surface area contributed by atoms with E-state index in [2.05, 4.69) is 20.0 Å². The van der Waals surface area contributed by atoms with Crippen LogP contribution < -0.4 is 10.0 Å². The number of hydrogen-bond acceptors (Lipinski definition) is 6. The van der Waals surface area contributed by atoms with Crippen LogP contribution in [0.3, 0.4) is 0 Å². The number of nitrogens with one attached hydrogen (secondary N) is 2. The highest BCUT2D eigenvalue weighted by atomic mass is 35.5. The van der Waals surface area contributed by atoms with Crippen molar-refractivity contribution in [2.75, 3.05) is 18.4 Å². The Labute approximate surface area is 149 Å². The third kappa shape index (κ3) is 5.04. The molecule has 0 spiro atoms. The van der Waals surface area contributed by atoms with Crippen LogP contribution in [-0.4, -0.2) is 31.5 Å². The van der Waals surface area contributed by atoms with E-state index in [0.29, 0.717) is 29.4 Å². The number of nitriles is 1. The Morgan fingerprint density at radius 2 is 1.88 bits per heavy atom. The third-order valence-electron chi connectivity index (χ3n) is 2.95. The normalized spacial score (nSPS) is 11.0. The molecule has 0 atom stereocenters. The number of aromatic nitrogens is 2. The van der Waals surface area contributed by atoms with Crippen LogP contribution in [0.4, 0.5) is 5.82 Å². The molecule has 2 N–H and O–H groups in total. The first kappa shape index (κ1) is 18.4. The van der Waals surface area contributed by atoms with Crippen LogP contribution in [0, 0.1) is 11.3 Å². The maximum Gasteiger partial charge on any atom is 0.240 e. The second-order valence-corrected chi connectivity index (χ2v) is 7.16. The maximum atomic E-state index is 12.1. The summed E-state index contributed by atoms with van der Waals surface area (Å²) in [5.74, 6) is 0.395. The van der Waals surface area contributed by atoms with E-state index < -0.39 is 10.0 Å². The van der Waals surface area contributed by atoms with Crippen molar-refractivity contribution < 1.29 is 8.42 Å². The number of rotatable bonds is 7. The van der Waals surface area contributed by atoms with E-state index in [4.69, 9.17) is 28.5 Å². The van der Waals surface area contributed by atoms with E-state index in [0.717, 1.165) is 0 Å². The van der Waals surface area contributed by atoms with Crippen molar-refractivity contribution in [3.8, 4) is 6.07 Å². The Hall–Kier alpha value is -1.92. The largest absolute Gasteiger partial charge is 0.369 e. The Balaban J connectivity index is 1.82. The van der Waals surface area contributed by atoms with Crippen molar-refractivity contribution >= 4 is 39.0 Å². The fourth-order valence-corrected chi connectivity index (χ4v) is 3.13. The van der Waals surface area contributed by atoms with Crippen LogP contribution in [0.2, 0.25) is 10.3 Å². The number of benzene rings is 1. The van der Waals surface area contributed by atoms with Gasteiger partial charge in [-0.15, -0.1) is 0 Å². The van der Waals surface area contributed by atoms with Gasteiger partial charge in [-0.2, -0.15) is 10.2 Å². The zero-order valence-corrected chi connectivity index (χ0v) is 14.7. The van der Waals surface area contributed by atoms with E-state index in [1.807, 2.05) is 6.07 Å². The lowest BCUT2D eigenvalue weighted by molar-refractivity contribution is 0.580. The van der Waals surface area contributed by atoms with Gasteiger partial charge in [0.2, 0.25) is 15.3 Å². The predicted octanol–water partition coefficient (Wildman–Crippen LogP) is 2.44. The minimum atomic E-state index is -3.61. The second-order valence-electron chi connectivity index (χ2n) is 4.65. The first-order chi connectivity index (χ1) is 11.4. The zero-order chi connectivity index (χ0) is 17.6. The minimum Gasteiger partial charge on any atom is -0.369 e. The summed E-state index contributed by atoms with van der Waals surface area (Å²) in [6.07, 6.45) is 1.89. The lowest BCUT2D eigenvalue weighted by atomic mass is 10.2. The summed E-state index contributed by atoms with van der Waals surface area (Å²) in [7, 11) is -3.61. The van der Waals surface area contributed by atoms with E-state index in [-0.39, 0.29) is 16.7 Å². The van der Waals surface area contributed by atoms with Crippen LogP contribution in [0.1, 0.15) is 12.0 Å². The lowest BCUT2D eigenvalue weighted by Crippen LogP contribution is -2.26. The molecule has 0 aliphatic carbocycles. The van der Waals surface area contributed by atoms with Gasteiger partial charge in [0.25, 0.3) is 0 Å². The van der Waals surface area contributed by atoms with Gasteiger partial charge in [-0.05, 0) is 42.3 Å². The zero-order valence-electron chi connectivity index (χ0n) is 12.3. The molecular formula is C14H13Cl2N5O2S. The average Bonchev–Trinajstić information content (AvgIpc) is 2.57. The molecule has 0 fully saturated rings. The molecule has 10 heteroatoms. The molecular weight excluding hydrogens is 373 g/mol. The predicted molar refractivity (Wildman–Crippen MR) is 91.5 cm³/mol. The van der Waals surface area contributed by atoms with Gasteiger partial charge in [0.1, 0.15) is 10.8 Å². The van der Waals surface area contributed by atoms with Gasteiger partial charge in [-0.25, -0.2) is 18.1 Å². The highest BCUT2D eigenvalue weighted by Gasteiger charge is 2.13. The van der Waals surface area contributed by atoms with Crippen LogP contribution in [0.15, 0.2) is 35.4 Å². The topological polar surface area (TPSA) is 108 Å². The molecule has 0 saturated carbocycles. The quantitative estimate of drug-likeness (QED) is 0.559. The molecule has 126 valence electrons. The van der Waals surface area contributed by atoms with Gasteiger partial charge in [-0.3, -0.25) is 0 Å². The van der Waals surface area contributed by atoms with Crippen LogP contribution >= 0.6 is 23.2 Å². The first-order valence-corrected chi connectivity index (χ1v) is 9.08. The molecule has 7 nitrogen and oxygen atoms in total. The third-order valence-corrected chi connectivity index (χ3v) is 4.88. The number of hydrogen-bond donors (Lipinski definition) is 2. The summed E-state index contributed by atoms with van der Waals surface area (Å²) in [6.45, 7) is 0.675. The summed E-state index contributed by atoms with van der Waals surface area (Å²) < 4.78 is 26.7. The maximum absolute atomic E-state index is 12.1. The SMILES string of the molecule is N#Cc1ccc(S(=O)(=O)NCCCNc2nc(Cl)ncc2Cl)cc1. The van der Waals surface area contributed by atoms with Crippen molar-refractivity contribution in [1.82, 2.24) is 14.7 Å². The Bertz CT molecular complexity index is 850. The molecule has 0 bridgehead atoms. The van der Waals surface area contributed by atoms with Crippen molar-refractivity contribution in [2.24, 2.45) is 0 Å². The molecule has 2 aromatic rings. The van der Waals surface area contributed by atoms with Crippen molar-refractivity contribution in [3.05, 3.63) is 46.3 Å². The fourth-order valence-electron chi connectivity index (χ4n) is 1.76. The number of halogens is 2. The Morgan fingerprint density at radius 1 is 1.17 bits per heavy atom. The molecule has 0 radical (unpaired) electrons. The minimum absolute atomic E-state index is 0.0726. The molecule has 0 aliphatic heterocycles. The van der Waals surface area contributed by atoms with E-state index in [1.54, 1.807) is 0 Å². The van der Waals surface area contributed by atoms with Gasteiger partial charge in [0.15, 0.2) is 0 Å². The van der Waals surface area contributed by atoms with Gasteiger partial charge in [0, 0.05) is 13.1 Å². The highest BCUT2D eigenvalue weighted by Crippen LogP contribution is 2.19. The molecule has 1 aromatic carbocycles. The number of sulfonamides is 1.